The van der Waals surface area contributed by atoms with Crippen LogP contribution in [0.15, 0.2) is 42.5 Å². The predicted molar refractivity (Wildman–Crippen MR) is 88.8 cm³/mol. The van der Waals surface area contributed by atoms with Gasteiger partial charge in [-0.1, -0.05) is 36.8 Å². The number of ether oxygens (including phenoxy) is 1. The quantitative estimate of drug-likeness (QED) is 0.686. The Balaban J connectivity index is 1.84. The molecule has 21 heavy (non-hydrogen) atoms. The van der Waals surface area contributed by atoms with E-state index in [-0.39, 0.29) is 0 Å². The Bertz CT molecular complexity index is 541. The molecule has 1 aromatic rings. The normalized spacial score (nSPS) is 28.6. The van der Waals surface area contributed by atoms with Crippen molar-refractivity contribution in [3.8, 4) is 5.75 Å². The molecule has 2 aliphatic rings. The summed E-state index contributed by atoms with van der Waals surface area (Å²) in [5.74, 6) is 3.36. The van der Waals surface area contributed by atoms with Gasteiger partial charge >= 0.3 is 0 Å². The zero-order valence-corrected chi connectivity index (χ0v) is 13.2. The van der Waals surface area contributed by atoms with Crippen LogP contribution in [0.25, 0.3) is 0 Å². The van der Waals surface area contributed by atoms with Gasteiger partial charge in [-0.3, -0.25) is 0 Å². The van der Waals surface area contributed by atoms with E-state index in [1.54, 1.807) is 12.7 Å². The minimum atomic E-state index is 0.758. The molecule has 3 atom stereocenters. The molecule has 0 N–H and O–H groups in total. The molecule has 1 saturated carbocycles. The van der Waals surface area contributed by atoms with Crippen molar-refractivity contribution in [1.29, 1.82) is 0 Å². The summed E-state index contributed by atoms with van der Waals surface area (Å²) < 4.78 is 5.38. The van der Waals surface area contributed by atoms with Gasteiger partial charge in [0.25, 0.3) is 0 Å². The topological polar surface area (TPSA) is 9.23 Å². The molecule has 1 nitrogen and oxygen atoms in total. The highest BCUT2D eigenvalue weighted by molar-refractivity contribution is 5.40. The lowest BCUT2D eigenvalue weighted by Crippen LogP contribution is -2.30. The second kappa shape index (κ2) is 6.51. The number of methoxy groups -OCH3 is 1. The summed E-state index contributed by atoms with van der Waals surface area (Å²) in [5.41, 5.74) is 3.12. The molecule has 3 rings (SSSR count). The van der Waals surface area contributed by atoms with Crippen LogP contribution in [0.2, 0.25) is 0 Å². The number of rotatable bonds is 3. The number of allylic oxidation sites excluding steroid dienone is 4. The van der Waals surface area contributed by atoms with Crippen LogP contribution in [-0.2, 0) is 6.42 Å². The zero-order valence-electron chi connectivity index (χ0n) is 13.2. The molecule has 0 unspecified atom stereocenters. The van der Waals surface area contributed by atoms with Crippen molar-refractivity contribution < 1.29 is 4.74 Å². The Morgan fingerprint density at radius 3 is 2.86 bits per heavy atom. The molecule has 0 radical (unpaired) electrons. The Hall–Kier alpha value is -1.50. The number of benzene rings is 1. The number of fused-ring (bicyclic) bond motifs is 3. The van der Waals surface area contributed by atoms with Crippen LogP contribution in [0.5, 0.6) is 5.75 Å². The first kappa shape index (κ1) is 14.4. The minimum Gasteiger partial charge on any atom is -0.497 e. The van der Waals surface area contributed by atoms with Crippen molar-refractivity contribution in [2.24, 2.45) is 11.8 Å². The highest BCUT2D eigenvalue weighted by Crippen LogP contribution is 2.48. The third-order valence-corrected chi connectivity index (χ3v) is 5.28. The molecule has 2 aliphatic carbocycles. The van der Waals surface area contributed by atoms with Gasteiger partial charge in [0.1, 0.15) is 5.75 Å². The molecule has 0 bridgehead atoms. The largest absolute Gasteiger partial charge is 0.497 e. The molecule has 0 aliphatic heterocycles. The SMILES string of the molecule is C/C=C/C=C/[C@@H]1CCC[C@H]2c3ccc(OC)cc3CC[C@H]12. The van der Waals surface area contributed by atoms with Crippen molar-refractivity contribution in [2.75, 3.05) is 7.11 Å². The molecule has 0 amide bonds. The predicted octanol–water partition coefficient (Wildman–Crippen LogP) is 5.27. The van der Waals surface area contributed by atoms with Gasteiger partial charge in [-0.25, -0.2) is 0 Å². The minimum absolute atomic E-state index is 0.758. The van der Waals surface area contributed by atoms with E-state index in [2.05, 4.69) is 49.4 Å². The summed E-state index contributed by atoms with van der Waals surface area (Å²) in [4.78, 5) is 0. The van der Waals surface area contributed by atoms with Gasteiger partial charge in [-0.05, 0) is 73.6 Å². The van der Waals surface area contributed by atoms with Crippen molar-refractivity contribution in [3.63, 3.8) is 0 Å². The first-order chi connectivity index (χ1) is 10.3. The lowest BCUT2D eigenvalue weighted by atomic mass is 9.63. The van der Waals surface area contributed by atoms with Crippen molar-refractivity contribution in [1.82, 2.24) is 0 Å². The number of aryl methyl sites for hydroxylation is 1. The first-order valence-electron chi connectivity index (χ1n) is 8.29. The van der Waals surface area contributed by atoms with Gasteiger partial charge in [0.2, 0.25) is 0 Å². The summed E-state index contributed by atoms with van der Waals surface area (Å²) >= 11 is 0. The monoisotopic (exact) mass is 282 g/mol. The molecule has 0 spiro atoms. The second-order valence-electron chi connectivity index (χ2n) is 6.38. The molecule has 1 heteroatoms. The maximum Gasteiger partial charge on any atom is 0.119 e. The van der Waals surface area contributed by atoms with Crippen molar-refractivity contribution >= 4 is 0 Å². The lowest BCUT2D eigenvalue weighted by Gasteiger charge is -2.41. The zero-order chi connectivity index (χ0) is 14.7. The first-order valence-corrected chi connectivity index (χ1v) is 8.29. The maximum atomic E-state index is 5.38. The maximum absolute atomic E-state index is 5.38. The third kappa shape index (κ3) is 2.92. The summed E-state index contributed by atoms with van der Waals surface area (Å²) in [7, 11) is 1.76. The second-order valence-corrected chi connectivity index (χ2v) is 6.38. The summed E-state index contributed by atoms with van der Waals surface area (Å²) in [6.45, 7) is 2.08. The fourth-order valence-electron chi connectivity index (χ4n) is 4.27. The van der Waals surface area contributed by atoms with E-state index in [1.165, 1.54) is 37.7 Å². The number of hydrogen-bond acceptors (Lipinski definition) is 1. The molecular formula is C20H26O. The van der Waals surface area contributed by atoms with Crippen LogP contribution in [0, 0.1) is 11.8 Å². The molecule has 0 aromatic heterocycles. The van der Waals surface area contributed by atoms with Crippen LogP contribution in [-0.4, -0.2) is 7.11 Å². The van der Waals surface area contributed by atoms with E-state index in [4.69, 9.17) is 4.74 Å². The van der Waals surface area contributed by atoms with Gasteiger partial charge in [0.05, 0.1) is 7.11 Å². The molecule has 0 saturated heterocycles. The van der Waals surface area contributed by atoms with Gasteiger partial charge in [0, 0.05) is 0 Å². The van der Waals surface area contributed by atoms with E-state index in [0.29, 0.717) is 0 Å². The number of hydrogen-bond donors (Lipinski definition) is 0. The average molecular weight is 282 g/mol. The fraction of sp³-hybridized carbons (Fsp3) is 0.500. The Morgan fingerprint density at radius 2 is 2.05 bits per heavy atom. The van der Waals surface area contributed by atoms with Crippen LogP contribution >= 0.6 is 0 Å². The highest BCUT2D eigenvalue weighted by Gasteiger charge is 2.36. The third-order valence-electron chi connectivity index (χ3n) is 5.28. The molecule has 1 fully saturated rings. The Morgan fingerprint density at radius 1 is 1.14 bits per heavy atom. The lowest BCUT2D eigenvalue weighted by molar-refractivity contribution is 0.217. The van der Waals surface area contributed by atoms with Crippen LogP contribution in [0.3, 0.4) is 0 Å². The van der Waals surface area contributed by atoms with Gasteiger partial charge in [-0.15, -0.1) is 0 Å². The van der Waals surface area contributed by atoms with Crippen molar-refractivity contribution in [2.45, 2.75) is 44.9 Å². The smallest absolute Gasteiger partial charge is 0.119 e. The van der Waals surface area contributed by atoms with E-state index in [0.717, 1.165) is 23.5 Å². The van der Waals surface area contributed by atoms with E-state index >= 15 is 0 Å². The molecular weight excluding hydrogens is 256 g/mol. The van der Waals surface area contributed by atoms with Crippen LogP contribution in [0.1, 0.15) is 49.7 Å². The van der Waals surface area contributed by atoms with Crippen LogP contribution in [0.4, 0.5) is 0 Å². The Kier molecular flexibility index (Phi) is 4.48. The van der Waals surface area contributed by atoms with Crippen molar-refractivity contribution in [3.05, 3.63) is 53.6 Å². The van der Waals surface area contributed by atoms with Crippen LogP contribution < -0.4 is 4.74 Å². The summed E-state index contributed by atoms with van der Waals surface area (Å²) in [6.07, 6.45) is 15.6. The molecule has 1 aromatic carbocycles. The van der Waals surface area contributed by atoms with Gasteiger partial charge in [0.15, 0.2) is 0 Å². The summed E-state index contributed by atoms with van der Waals surface area (Å²) in [6, 6.07) is 6.72. The van der Waals surface area contributed by atoms with Gasteiger partial charge < -0.3 is 4.74 Å². The van der Waals surface area contributed by atoms with E-state index in [9.17, 15) is 0 Å². The Labute approximate surface area is 128 Å². The molecule has 0 heterocycles. The van der Waals surface area contributed by atoms with Gasteiger partial charge in [-0.2, -0.15) is 0 Å². The molecule has 112 valence electrons. The average Bonchev–Trinajstić information content (AvgIpc) is 2.54. The van der Waals surface area contributed by atoms with E-state index in [1.807, 2.05) is 0 Å². The summed E-state index contributed by atoms with van der Waals surface area (Å²) in [5, 5.41) is 0. The fourth-order valence-corrected chi connectivity index (χ4v) is 4.27. The highest BCUT2D eigenvalue weighted by atomic mass is 16.5. The standard InChI is InChI=1S/C20H26O/c1-3-4-5-7-15-8-6-9-20-18(15)12-10-16-14-17(21-2)11-13-19(16)20/h3-5,7,11,13-15,18,20H,6,8-10,12H2,1-2H3/b4-3+,7-5+/t15-,18-,20-/m1/s1. The van der Waals surface area contributed by atoms with E-state index < -0.39 is 0 Å².